The van der Waals surface area contributed by atoms with Crippen molar-refractivity contribution < 1.29 is 4.79 Å². The van der Waals surface area contributed by atoms with Crippen molar-refractivity contribution in [1.29, 1.82) is 0 Å². The molecule has 2 unspecified atom stereocenters. The quantitative estimate of drug-likeness (QED) is 0.714. The molecule has 0 bridgehead atoms. The van der Waals surface area contributed by atoms with Crippen molar-refractivity contribution in [3.63, 3.8) is 0 Å². The molecule has 2 atom stereocenters. The molecule has 1 aliphatic rings. The Morgan fingerprint density at radius 1 is 1.38 bits per heavy atom. The Labute approximate surface area is 96.5 Å². The molecular weight excluding hydrogens is 200 g/mol. The van der Waals surface area contributed by atoms with Crippen LogP contribution in [0.15, 0.2) is 18.3 Å². The lowest BCUT2D eigenvalue weighted by Gasteiger charge is -2.36. The Bertz CT molecular complexity index is 368. The molecule has 0 N–H and O–H groups in total. The minimum absolute atomic E-state index is 0.672. The van der Waals surface area contributed by atoms with Crippen molar-refractivity contribution in [3.05, 3.63) is 23.9 Å². The Hall–Kier alpha value is -1.38. The molecule has 3 nitrogen and oxygen atoms in total. The van der Waals surface area contributed by atoms with Gasteiger partial charge in [0.15, 0.2) is 6.29 Å². The number of aldehydes is 1. The first kappa shape index (κ1) is 11.1. The van der Waals surface area contributed by atoms with Gasteiger partial charge in [0.05, 0.1) is 5.56 Å². The van der Waals surface area contributed by atoms with E-state index in [1.807, 2.05) is 12.1 Å². The van der Waals surface area contributed by atoms with E-state index in [-0.39, 0.29) is 0 Å². The molecule has 1 fully saturated rings. The second-order valence-corrected chi connectivity index (χ2v) is 4.89. The van der Waals surface area contributed by atoms with E-state index in [0.717, 1.165) is 25.2 Å². The highest BCUT2D eigenvalue weighted by Gasteiger charge is 2.23. The number of aromatic nitrogens is 1. The predicted octanol–water partition coefficient (Wildman–Crippen LogP) is 2.38. The SMILES string of the molecule is CC1CC(C)CN(c2ncccc2C=O)C1. The van der Waals surface area contributed by atoms with Gasteiger partial charge in [-0.2, -0.15) is 0 Å². The Kier molecular flexibility index (Phi) is 3.22. The molecule has 1 aromatic heterocycles. The number of nitrogens with zero attached hydrogens (tertiary/aromatic N) is 2. The molecule has 0 saturated carbocycles. The molecule has 1 saturated heterocycles. The predicted molar refractivity (Wildman–Crippen MR) is 64.8 cm³/mol. The lowest BCUT2D eigenvalue weighted by molar-refractivity contribution is 0.112. The van der Waals surface area contributed by atoms with E-state index in [4.69, 9.17) is 0 Å². The van der Waals surface area contributed by atoms with Crippen LogP contribution in [0.4, 0.5) is 5.82 Å². The van der Waals surface area contributed by atoms with Gasteiger partial charge in [0.25, 0.3) is 0 Å². The van der Waals surface area contributed by atoms with Crippen molar-refractivity contribution >= 4 is 12.1 Å². The summed E-state index contributed by atoms with van der Waals surface area (Å²) >= 11 is 0. The third kappa shape index (κ3) is 2.23. The molecule has 1 aliphatic heterocycles. The summed E-state index contributed by atoms with van der Waals surface area (Å²) in [4.78, 5) is 17.5. The van der Waals surface area contributed by atoms with Gasteiger partial charge in [-0.1, -0.05) is 13.8 Å². The molecule has 16 heavy (non-hydrogen) atoms. The molecule has 0 radical (unpaired) electrons. The average molecular weight is 218 g/mol. The van der Waals surface area contributed by atoms with Crippen LogP contribution in [0.25, 0.3) is 0 Å². The van der Waals surface area contributed by atoms with Gasteiger partial charge in [-0.25, -0.2) is 4.98 Å². The van der Waals surface area contributed by atoms with Crippen LogP contribution < -0.4 is 4.90 Å². The standard InChI is InChI=1S/C13H18N2O/c1-10-6-11(2)8-15(7-10)13-12(9-16)4-3-5-14-13/h3-5,9-11H,6-8H2,1-2H3. The first-order chi connectivity index (χ1) is 7.70. The number of carbonyl (C=O) groups is 1. The van der Waals surface area contributed by atoms with Crippen LogP contribution in [-0.2, 0) is 0 Å². The first-order valence-corrected chi connectivity index (χ1v) is 5.86. The van der Waals surface area contributed by atoms with Gasteiger partial charge in [0.2, 0.25) is 0 Å². The monoisotopic (exact) mass is 218 g/mol. The van der Waals surface area contributed by atoms with E-state index in [9.17, 15) is 4.79 Å². The second kappa shape index (κ2) is 4.64. The van der Waals surface area contributed by atoms with E-state index in [1.165, 1.54) is 6.42 Å². The zero-order valence-corrected chi connectivity index (χ0v) is 9.89. The van der Waals surface area contributed by atoms with E-state index in [0.29, 0.717) is 17.4 Å². The third-order valence-electron chi connectivity index (χ3n) is 3.11. The zero-order valence-electron chi connectivity index (χ0n) is 9.89. The van der Waals surface area contributed by atoms with Crippen LogP contribution in [0.5, 0.6) is 0 Å². The first-order valence-electron chi connectivity index (χ1n) is 5.86. The minimum Gasteiger partial charge on any atom is -0.355 e. The fraction of sp³-hybridized carbons (Fsp3) is 0.538. The van der Waals surface area contributed by atoms with Crippen molar-refractivity contribution in [3.8, 4) is 0 Å². The zero-order chi connectivity index (χ0) is 11.5. The van der Waals surface area contributed by atoms with Gasteiger partial charge in [-0.05, 0) is 30.4 Å². The van der Waals surface area contributed by atoms with Crippen LogP contribution in [0.1, 0.15) is 30.6 Å². The van der Waals surface area contributed by atoms with Crippen molar-refractivity contribution in [2.75, 3.05) is 18.0 Å². The maximum atomic E-state index is 11.0. The summed E-state index contributed by atoms with van der Waals surface area (Å²) in [5, 5.41) is 0. The lowest BCUT2D eigenvalue weighted by Crippen LogP contribution is -2.39. The average Bonchev–Trinajstić information content (AvgIpc) is 2.27. The highest BCUT2D eigenvalue weighted by molar-refractivity contribution is 5.82. The largest absolute Gasteiger partial charge is 0.355 e. The van der Waals surface area contributed by atoms with Crippen LogP contribution in [0.2, 0.25) is 0 Å². The van der Waals surface area contributed by atoms with E-state index in [1.54, 1.807) is 6.20 Å². The molecule has 3 heteroatoms. The Balaban J connectivity index is 2.25. The smallest absolute Gasteiger partial charge is 0.153 e. The van der Waals surface area contributed by atoms with Crippen LogP contribution >= 0.6 is 0 Å². The number of anilines is 1. The summed E-state index contributed by atoms with van der Waals surface area (Å²) in [6, 6.07) is 3.64. The van der Waals surface area contributed by atoms with Gasteiger partial charge >= 0.3 is 0 Å². The van der Waals surface area contributed by atoms with Crippen LogP contribution in [-0.4, -0.2) is 24.4 Å². The molecule has 0 aliphatic carbocycles. The maximum absolute atomic E-state index is 11.0. The van der Waals surface area contributed by atoms with Gasteiger partial charge in [0, 0.05) is 19.3 Å². The summed E-state index contributed by atoms with van der Waals surface area (Å²) < 4.78 is 0. The second-order valence-electron chi connectivity index (χ2n) is 4.89. The molecule has 0 amide bonds. The Morgan fingerprint density at radius 3 is 2.69 bits per heavy atom. The van der Waals surface area contributed by atoms with Crippen LogP contribution in [0.3, 0.4) is 0 Å². The van der Waals surface area contributed by atoms with Crippen molar-refractivity contribution in [2.45, 2.75) is 20.3 Å². The highest BCUT2D eigenvalue weighted by Crippen LogP contribution is 2.26. The summed E-state index contributed by atoms with van der Waals surface area (Å²) in [6.45, 7) is 6.52. The van der Waals surface area contributed by atoms with Crippen molar-refractivity contribution in [2.24, 2.45) is 11.8 Å². The number of hydrogen-bond donors (Lipinski definition) is 0. The maximum Gasteiger partial charge on any atom is 0.153 e. The third-order valence-corrected chi connectivity index (χ3v) is 3.11. The summed E-state index contributed by atoms with van der Waals surface area (Å²) in [7, 11) is 0. The molecule has 1 aromatic rings. The molecule has 2 rings (SSSR count). The fourth-order valence-corrected chi connectivity index (χ4v) is 2.60. The molecule has 0 aromatic carbocycles. The van der Waals surface area contributed by atoms with E-state index < -0.39 is 0 Å². The Morgan fingerprint density at radius 2 is 2.06 bits per heavy atom. The number of rotatable bonds is 2. The summed E-state index contributed by atoms with van der Waals surface area (Å²) in [5.74, 6) is 2.19. The van der Waals surface area contributed by atoms with Gasteiger partial charge in [-0.15, -0.1) is 0 Å². The minimum atomic E-state index is 0.672. The molecule has 2 heterocycles. The fourth-order valence-electron chi connectivity index (χ4n) is 2.60. The van der Waals surface area contributed by atoms with Crippen LogP contribution in [0, 0.1) is 11.8 Å². The number of piperidine rings is 1. The molecule has 86 valence electrons. The summed E-state index contributed by atoms with van der Waals surface area (Å²) in [6.07, 6.45) is 3.91. The number of pyridine rings is 1. The van der Waals surface area contributed by atoms with Gasteiger partial charge < -0.3 is 4.90 Å². The number of carbonyl (C=O) groups excluding carboxylic acids is 1. The lowest BCUT2D eigenvalue weighted by atomic mass is 9.92. The van der Waals surface area contributed by atoms with Gasteiger partial charge in [-0.3, -0.25) is 4.79 Å². The molecule has 0 spiro atoms. The number of hydrogen-bond acceptors (Lipinski definition) is 3. The topological polar surface area (TPSA) is 33.2 Å². The summed E-state index contributed by atoms with van der Waals surface area (Å²) in [5.41, 5.74) is 0.698. The highest BCUT2D eigenvalue weighted by atomic mass is 16.1. The normalized spacial score (nSPS) is 25.5. The van der Waals surface area contributed by atoms with Gasteiger partial charge in [0.1, 0.15) is 5.82 Å². The van der Waals surface area contributed by atoms with E-state index >= 15 is 0 Å². The van der Waals surface area contributed by atoms with E-state index in [2.05, 4.69) is 23.7 Å². The molecular formula is C13H18N2O. The van der Waals surface area contributed by atoms with Crippen molar-refractivity contribution in [1.82, 2.24) is 4.98 Å².